The van der Waals surface area contributed by atoms with Crippen LogP contribution in [0.3, 0.4) is 0 Å². The standard InChI is InChI=1S/C15H13NOS3/c17-15(14-4-2-10-19-14)16-8-7-11-5-6-13(20-11)12-3-1-9-18-12/h1-6,9-10H,7-8H2,(H,16,17). The van der Waals surface area contributed by atoms with Gasteiger partial charge >= 0.3 is 0 Å². The van der Waals surface area contributed by atoms with E-state index in [1.807, 2.05) is 17.5 Å². The number of amides is 1. The van der Waals surface area contributed by atoms with Crippen LogP contribution in [0.4, 0.5) is 0 Å². The summed E-state index contributed by atoms with van der Waals surface area (Å²) >= 11 is 5.03. The summed E-state index contributed by atoms with van der Waals surface area (Å²) in [5.41, 5.74) is 0. The number of hydrogen-bond donors (Lipinski definition) is 1. The molecule has 0 atom stereocenters. The monoisotopic (exact) mass is 319 g/mol. The summed E-state index contributed by atoms with van der Waals surface area (Å²) in [4.78, 5) is 16.5. The van der Waals surface area contributed by atoms with Crippen LogP contribution in [0.25, 0.3) is 9.75 Å². The van der Waals surface area contributed by atoms with Crippen LogP contribution in [0.5, 0.6) is 0 Å². The van der Waals surface area contributed by atoms with E-state index in [2.05, 4.69) is 35.0 Å². The van der Waals surface area contributed by atoms with Crippen molar-refractivity contribution in [3.05, 3.63) is 56.9 Å². The highest BCUT2D eigenvalue weighted by Crippen LogP contribution is 2.31. The molecule has 5 heteroatoms. The van der Waals surface area contributed by atoms with Gasteiger partial charge in [-0.05, 0) is 41.4 Å². The van der Waals surface area contributed by atoms with Gasteiger partial charge in [-0.25, -0.2) is 0 Å². The largest absolute Gasteiger partial charge is 0.351 e. The highest BCUT2D eigenvalue weighted by atomic mass is 32.1. The van der Waals surface area contributed by atoms with E-state index in [1.165, 1.54) is 26.0 Å². The molecular formula is C15H13NOS3. The fourth-order valence-corrected chi connectivity index (χ4v) is 4.34. The molecule has 0 aromatic carbocycles. The van der Waals surface area contributed by atoms with Gasteiger partial charge < -0.3 is 5.32 Å². The normalized spacial score (nSPS) is 10.6. The summed E-state index contributed by atoms with van der Waals surface area (Å²) in [5.74, 6) is 0.0232. The van der Waals surface area contributed by atoms with E-state index in [1.54, 1.807) is 22.7 Å². The van der Waals surface area contributed by atoms with Gasteiger partial charge in [-0.15, -0.1) is 34.0 Å². The Hall–Kier alpha value is -1.43. The Kier molecular flexibility index (Phi) is 4.30. The van der Waals surface area contributed by atoms with Gasteiger partial charge in [0.2, 0.25) is 0 Å². The van der Waals surface area contributed by atoms with Crippen molar-refractivity contribution in [1.29, 1.82) is 0 Å². The van der Waals surface area contributed by atoms with Gasteiger partial charge in [0.05, 0.1) is 4.88 Å². The van der Waals surface area contributed by atoms with Crippen molar-refractivity contribution in [1.82, 2.24) is 5.32 Å². The van der Waals surface area contributed by atoms with Crippen molar-refractivity contribution >= 4 is 39.9 Å². The summed E-state index contributed by atoms with van der Waals surface area (Å²) < 4.78 is 0. The zero-order chi connectivity index (χ0) is 13.8. The molecule has 2 nitrogen and oxygen atoms in total. The predicted octanol–water partition coefficient (Wildman–Crippen LogP) is 4.51. The Labute approximate surface area is 129 Å². The van der Waals surface area contributed by atoms with Gasteiger partial charge in [0.25, 0.3) is 5.91 Å². The highest BCUT2D eigenvalue weighted by molar-refractivity contribution is 7.21. The van der Waals surface area contributed by atoms with Crippen LogP contribution in [0.1, 0.15) is 14.5 Å². The van der Waals surface area contributed by atoms with Gasteiger partial charge in [0, 0.05) is 21.2 Å². The first-order valence-electron chi connectivity index (χ1n) is 6.27. The highest BCUT2D eigenvalue weighted by Gasteiger charge is 2.07. The average Bonchev–Trinajstić information content (AvgIpc) is 3.20. The molecular weight excluding hydrogens is 306 g/mol. The van der Waals surface area contributed by atoms with Crippen molar-refractivity contribution in [2.45, 2.75) is 6.42 Å². The van der Waals surface area contributed by atoms with Crippen LogP contribution in [-0.2, 0) is 6.42 Å². The predicted molar refractivity (Wildman–Crippen MR) is 88.0 cm³/mol. The molecule has 3 aromatic heterocycles. The maximum Gasteiger partial charge on any atom is 0.261 e. The summed E-state index contributed by atoms with van der Waals surface area (Å²) in [6, 6.07) is 12.3. The summed E-state index contributed by atoms with van der Waals surface area (Å²) in [7, 11) is 0. The molecule has 0 aliphatic carbocycles. The molecule has 0 radical (unpaired) electrons. The van der Waals surface area contributed by atoms with Crippen LogP contribution in [0.15, 0.2) is 47.2 Å². The Morgan fingerprint density at radius 3 is 2.60 bits per heavy atom. The minimum atomic E-state index is 0.0232. The van der Waals surface area contributed by atoms with Crippen LogP contribution in [0, 0.1) is 0 Å². The molecule has 20 heavy (non-hydrogen) atoms. The number of nitrogens with one attached hydrogen (secondary N) is 1. The molecule has 0 unspecified atom stereocenters. The first-order valence-corrected chi connectivity index (χ1v) is 8.85. The Bertz CT molecular complexity index is 668. The van der Waals surface area contributed by atoms with Gasteiger partial charge in [-0.1, -0.05) is 12.1 Å². The number of carbonyl (C=O) groups excluding carboxylic acids is 1. The second kappa shape index (κ2) is 6.35. The maximum absolute atomic E-state index is 11.8. The zero-order valence-electron chi connectivity index (χ0n) is 10.7. The molecule has 3 rings (SSSR count). The maximum atomic E-state index is 11.8. The summed E-state index contributed by atoms with van der Waals surface area (Å²) in [5, 5.41) is 6.97. The molecule has 0 spiro atoms. The molecule has 0 saturated carbocycles. The molecule has 0 saturated heterocycles. The number of rotatable bonds is 5. The molecule has 0 bridgehead atoms. The molecule has 3 aromatic rings. The molecule has 1 N–H and O–H groups in total. The SMILES string of the molecule is O=C(NCCc1ccc(-c2cccs2)s1)c1cccs1. The van der Waals surface area contributed by atoms with Crippen LogP contribution in [0.2, 0.25) is 0 Å². The lowest BCUT2D eigenvalue weighted by Gasteiger charge is -2.01. The lowest BCUT2D eigenvalue weighted by atomic mass is 10.3. The lowest BCUT2D eigenvalue weighted by Crippen LogP contribution is -2.24. The number of carbonyl (C=O) groups is 1. The van der Waals surface area contributed by atoms with E-state index >= 15 is 0 Å². The molecule has 102 valence electrons. The summed E-state index contributed by atoms with van der Waals surface area (Å²) in [6.07, 6.45) is 0.882. The van der Waals surface area contributed by atoms with Crippen molar-refractivity contribution in [3.63, 3.8) is 0 Å². The quantitative estimate of drug-likeness (QED) is 0.736. The third-order valence-electron chi connectivity index (χ3n) is 2.83. The first-order chi connectivity index (χ1) is 9.83. The minimum Gasteiger partial charge on any atom is -0.351 e. The van der Waals surface area contributed by atoms with Gasteiger partial charge in [-0.2, -0.15) is 0 Å². The van der Waals surface area contributed by atoms with Gasteiger partial charge in [-0.3, -0.25) is 4.79 Å². The van der Waals surface area contributed by atoms with Crippen molar-refractivity contribution in [3.8, 4) is 9.75 Å². The molecule has 0 aliphatic heterocycles. The first kappa shape index (κ1) is 13.5. The van der Waals surface area contributed by atoms with Gasteiger partial charge in [0.1, 0.15) is 0 Å². The van der Waals surface area contributed by atoms with Crippen LogP contribution < -0.4 is 5.32 Å². The second-order valence-electron chi connectivity index (χ2n) is 4.23. The summed E-state index contributed by atoms with van der Waals surface area (Å²) in [6.45, 7) is 0.682. The minimum absolute atomic E-state index is 0.0232. The van der Waals surface area contributed by atoms with E-state index in [4.69, 9.17) is 0 Å². The Balaban J connectivity index is 1.53. The molecule has 0 fully saturated rings. The van der Waals surface area contributed by atoms with E-state index < -0.39 is 0 Å². The van der Waals surface area contributed by atoms with Crippen molar-refractivity contribution < 1.29 is 4.79 Å². The molecule has 0 aliphatic rings. The average molecular weight is 319 g/mol. The second-order valence-corrected chi connectivity index (χ2v) is 7.29. The van der Waals surface area contributed by atoms with E-state index in [9.17, 15) is 4.79 Å². The van der Waals surface area contributed by atoms with Crippen LogP contribution >= 0.6 is 34.0 Å². The topological polar surface area (TPSA) is 29.1 Å². The Morgan fingerprint density at radius 2 is 1.85 bits per heavy atom. The van der Waals surface area contributed by atoms with Gasteiger partial charge in [0.15, 0.2) is 0 Å². The van der Waals surface area contributed by atoms with E-state index in [0.29, 0.717) is 6.54 Å². The number of hydrogen-bond acceptors (Lipinski definition) is 4. The number of thiophene rings is 3. The lowest BCUT2D eigenvalue weighted by molar-refractivity contribution is 0.0958. The van der Waals surface area contributed by atoms with Crippen molar-refractivity contribution in [2.24, 2.45) is 0 Å². The smallest absolute Gasteiger partial charge is 0.261 e. The zero-order valence-corrected chi connectivity index (χ0v) is 13.1. The third-order valence-corrected chi connectivity index (χ3v) is 5.91. The van der Waals surface area contributed by atoms with Crippen molar-refractivity contribution in [2.75, 3.05) is 6.54 Å². The molecule has 1 amide bonds. The van der Waals surface area contributed by atoms with E-state index in [0.717, 1.165) is 11.3 Å². The molecule has 3 heterocycles. The fraction of sp³-hybridized carbons (Fsp3) is 0.133. The fourth-order valence-electron chi connectivity index (χ4n) is 1.86. The van der Waals surface area contributed by atoms with Crippen LogP contribution in [-0.4, -0.2) is 12.5 Å². The third kappa shape index (κ3) is 3.17. The Morgan fingerprint density at radius 1 is 1.00 bits per heavy atom. The van der Waals surface area contributed by atoms with E-state index in [-0.39, 0.29) is 5.91 Å².